The lowest BCUT2D eigenvalue weighted by Gasteiger charge is -2.24. The van der Waals surface area contributed by atoms with E-state index in [4.69, 9.17) is 0 Å². The number of amides is 2. The number of H-pyrrole nitrogens is 1. The quantitative estimate of drug-likeness (QED) is 0.437. The molecule has 0 saturated heterocycles. The first-order valence-electron chi connectivity index (χ1n) is 11.6. The van der Waals surface area contributed by atoms with E-state index >= 15 is 0 Å². The van der Waals surface area contributed by atoms with Crippen LogP contribution >= 0.6 is 11.3 Å². The Morgan fingerprint density at radius 1 is 1.12 bits per heavy atom. The summed E-state index contributed by atoms with van der Waals surface area (Å²) < 4.78 is 0. The van der Waals surface area contributed by atoms with Crippen molar-refractivity contribution in [2.45, 2.75) is 51.0 Å². The first-order chi connectivity index (χ1) is 15.6. The molecule has 1 unspecified atom stereocenters. The number of anilines is 2. The molecule has 8 heteroatoms. The Hall–Kier alpha value is -2.87. The van der Waals surface area contributed by atoms with Crippen molar-refractivity contribution in [1.29, 1.82) is 0 Å². The highest BCUT2D eigenvalue weighted by atomic mass is 32.1. The van der Waals surface area contributed by atoms with E-state index in [0.29, 0.717) is 11.5 Å². The van der Waals surface area contributed by atoms with Gasteiger partial charge in [-0.2, -0.15) is 0 Å². The largest absolute Gasteiger partial charge is 0.353 e. The van der Waals surface area contributed by atoms with Gasteiger partial charge >= 0.3 is 0 Å². The van der Waals surface area contributed by atoms with Crippen LogP contribution < -0.4 is 16.0 Å². The van der Waals surface area contributed by atoms with E-state index in [9.17, 15) is 9.59 Å². The molecule has 2 aromatic heterocycles. The van der Waals surface area contributed by atoms with Crippen LogP contribution in [-0.4, -0.2) is 34.4 Å². The van der Waals surface area contributed by atoms with E-state index in [2.05, 4.69) is 25.9 Å². The molecule has 0 bridgehead atoms. The Bertz CT molecular complexity index is 1160. The monoisotopic (exact) mass is 449 g/mol. The lowest BCUT2D eigenvalue weighted by atomic mass is 9.91. The average molecular weight is 450 g/mol. The summed E-state index contributed by atoms with van der Waals surface area (Å²) in [6.45, 7) is 0.722. The van der Waals surface area contributed by atoms with Crippen molar-refractivity contribution >= 4 is 45.1 Å². The van der Waals surface area contributed by atoms with Crippen LogP contribution in [-0.2, 0) is 17.6 Å². The van der Waals surface area contributed by atoms with Gasteiger partial charge in [-0.25, -0.2) is 4.98 Å². The molecule has 0 spiro atoms. The lowest BCUT2D eigenvalue weighted by molar-refractivity contribution is -0.117. The second-order valence-corrected chi connectivity index (χ2v) is 10.4. The summed E-state index contributed by atoms with van der Waals surface area (Å²) in [4.78, 5) is 34.9. The van der Waals surface area contributed by atoms with Crippen molar-refractivity contribution < 1.29 is 9.59 Å². The van der Waals surface area contributed by atoms with Gasteiger partial charge in [0.2, 0.25) is 11.9 Å². The van der Waals surface area contributed by atoms with Gasteiger partial charge < -0.3 is 20.9 Å². The number of nitrogens with one attached hydrogen (secondary N) is 4. The van der Waals surface area contributed by atoms with Crippen molar-refractivity contribution in [3.05, 3.63) is 40.3 Å². The minimum Gasteiger partial charge on any atom is -0.353 e. The number of carbonyl (C=O) groups is 2. The molecule has 7 nitrogen and oxygen atoms in total. The number of aryl methyl sites for hydroxylation is 1. The number of hydrogen-bond acceptors (Lipinski definition) is 5. The summed E-state index contributed by atoms with van der Waals surface area (Å²) in [7, 11) is 0. The molecule has 32 heavy (non-hydrogen) atoms. The first-order valence-corrected chi connectivity index (χ1v) is 12.4. The number of rotatable bonds is 7. The molecular formula is C24H27N5O2S. The SMILES string of the molecule is O=C(NCC1CC1)c1c(NC(=O)C2CC2)sc2c1CC(Nc1nc3ccccc3[nH]1)CC2. The first kappa shape index (κ1) is 19.8. The van der Waals surface area contributed by atoms with Crippen LogP contribution in [0.25, 0.3) is 11.0 Å². The van der Waals surface area contributed by atoms with Crippen LogP contribution in [0.4, 0.5) is 10.9 Å². The third-order valence-electron chi connectivity index (χ3n) is 6.65. The summed E-state index contributed by atoms with van der Waals surface area (Å²) in [6, 6.07) is 8.16. The molecule has 2 saturated carbocycles. The Balaban J connectivity index is 1.24. The van der Waals surface area contributed by atoms with E-state index in [-0.39, 0.29) is 23.8 Å². The van der Waals surface area contributed by atoms with Crippen LogP contribution in [0.3, 0.4) is 0 Å². The second kappa shape index (κ2) is 7.92. The molecule has 3 aromatic rings. The molecule has 2 heterocycles. The van der Waals surface area contributed by atoms with Gasteiger partial charge in [-0.3, -0.25) is 9.59 Å². The minimum atomic E-state index is -0.0510. The number of hydrogen-bond donors (Lipinski definition) is 4. The molecule has 166 valence electrons. The standard InChI is InChI=1S/C24H27N5O2S/c30-21(14-7-8-14)29-23-20(22(31)25-12-13-5-6-13)16-11-15(9-10-19(16)32-23)26-24-27-17-3-1-2-4-18(17)28-24/h1-4,13-15H,5-12H2,(H,25,31)(H,29,30)(H2,26,27,28). The third kappa shape index (κ3) is 3.99. The zero-order valence-corrected chi connectivity index (χ0v) is 18.7. The summed E-state index contributed by atoms with van der Waals surface area (Å²) in [5.74, 6) is 1.48. The highest BCUT2D eigenvalue weighted by Gasteiger charge is 2.34. The van der Waals surface area contributed by atoms with Crippen LogP contribution in [0.1, 0.15) is 52.9 Å². The van der Waals surface area contributed by atoms with Crippen molar-refractivity contribution in [1.82, 2.24) is 15.3 Å². The predicted octanol–water partition coefficient (Wildman–Crippen LogP) is 4.08. The highest BCUT2D eigenvalue weighted by Crippen LogP contribution is 2.40. The number of fused-ring (bicyclic) bond motifs is 2. The maximum Gasteiger partial charge on any atom is 0.254 e. The zero-order chi connectivity index (χ0) is 21.7. The van der Waals surface area contributed by atoms with Gasteiger partial charge in [0, 0.05) is 23.4 Å². The van der Waals surface area contributed by atoms with E-state index in [1.54, 1.807) is 11.3 Å². The van der Waals surface area contributed by atoms with Gasteiger partial charge in [0.05, 0.1) is 16.6 Å². The van der Waals surface area contributed by atoms with Gasteiger partial charge in [0.1, 0.15) is 5.00 Å². The predicted molar refractivity (Wildman–Crippen MR) is 126 cm³/mol. The van der Waals surface area contributed by atoms with Gasteiger partial charge in [-0.15, -0.1) is 11.3 Å². The summed E-state index contributed by atoms with van der Waals surface area (Å²) in [5, 5.41) is 10.5. The number of para-hydroxylation sites is 2. The van der Waals surface area contributed by atoms with E-state index in [0.717, 1.165) is 66.2 Å². The Kier molecular flexibility index (Phi) is 4.90. The van der Waals surface area contributed by atoms with Crippen molar-refractivity contribution in [2.24, 2.45) is 11.8 Å². The number of imidazole rings is 1. The number of aromatic amines is 1. The number of aromatic nitrogens is 2. The molecule has 3 aliphatic carbocycles. The Labute approximate surface area is 190 Å². The number of nitrogens with zero attached hydrogens (tertiary/aromatic N) is 1. The molecular weight excluding hydrogens is 422 g/mol. The molecule has 2 fully saturated rings. The zero-order valence-electron chi connectivity index (χ0n) is 17.9. The molecule has 4 N–H and O–H groups in total. The normalized spacial score (nSPS) is 20.1. The average Bonchev–Trinajstić information content (AvgIpc) is 3.71. The van der Waals surface area contributed by atoms with Crippen LogP contribution in [0, 0.1) is 11.8 Å². The van der Waals surface area contributed by atoms with Crippen LogP contribution in [0.2, 0.25) is 0 Å². The smallest absolute Gasteiger partial charge is 0.254 e. The fourth-order valence-electron chi connectivity index (χ4n) is 4.46. The van der Waals surface area contributed by atoms with E-state index in [1.165, 1.54) is 17.7 Å². The third-order valence-corrected chi connectivity index (χ3v) is 7.86. The summed E-state index contributed by atoms with van der Waals surface area (Å²) in [6.07, 6.45) is 6.87. The van der Waals surface area contributed by atoms with Crippen molar-refractivity contribution in [3.63, 3.8) is 0 Å². The molecule has 3 aliphatic rings. The van der Waals surface area contributed by atoms with Gasteiger partial charge in [-0.05, 0) is 68.6 Å². The maximum atomic E-state index is 13.2. The van der Waals surface area contributed by atoms with Crippen LogP contribution in [0.15, 0.2) is 24.3 Å². The molecule has 1 atom stereocenters. The van der Waals surface area contributed by atoms with Gasteiger partial charge in [0.25, 0.3) is 5.91 Å². The molecule has 6 rings (SSSR count). The highest BCUT2D eigenvalue weighted by molar-refractivity contribution is 7.17. The van der Waals surface area contributed by atoms with E-state index in [1.807, 2.05) is 24.3 Å². The van der Waals surface area contributed by atoms with Crippen molar-refractivity contribution in [2.75, 3.05) is 17.2 Å². The molecule has 0 radical (unpaired) electrons. The minimum absolute atomic E-state index is 0.0510. The summed E-state index contributed by atoms with van der Waals surface area (Å²) in [5.41, 5.74) is 3.70. The van der Waals surface area contributed by atoms with Gasteiger partial charge in [-0.1, -0.05) is 12.1 Å². The maximum absolute atomic E-state index is 13.2. The molecule has 1 aromatic carbocycles. The molecule has 0 aliphatic heterocycles. The number of carbonyl (C=O) groups excluding carboxylic acids is 2. The lowest BCUT2D eigenvalue weighted by Crippen LogP contribution is -2.31. The number of benzene rings is 1. The van der Waals surface area contributed by atoms with Crippen molar-refractivity contribution in [3.8, 4) is 0 Å². The number of thiophene rings is 1. The fourth-order valence-corrected chi connectivity index (χ4v) is 5.70. The Morgan fingerprint density at radius 3 is 2.75 bits per heavy atom. The topological polar surface area (TPSA) is 98.9 Å². The fraction of sp³-hybridized carbons (Fsp3) is 0.458. The second-order valence-electron chi connectivity index (χ2n) is 9.31. The molecule has 2 amide bonds. The van der Waals surface area contributed by atoms with Crippen LogP contribution in [0.5, 0.6) is 0 Å². The van der Waals surface area contributed by atoms with E-state index < -0.39 is 0 Å². The Morgan fingerprint density at radius 2 is 1.97 bits per heavy atom. The summed E-state index contributed by atoms with van der Waals surface area (Å²) >= 11 is 1.58. The van der Waals surface area contributed by atoms with Gasteiger partial charge in [0.15, 0.2) is 0 Å².